The SMILES string of the molecule is C=C(C(C)=O)[C@]1(c2cc(C(C)(C)C)c(O)c(C(C)(C)C)c2)C(=O)N(C)c2cc(OC)ccc21. The van der Waals surface area contributed by atoms with E-state index in [-0.39, 0.29) is 23.0 Å². The number of anilines is 1. The summed E-state index contributed by atoms with van der Waals surface area (Å²) in [7, 11) is 3.27. The van der Waals surface area contributed by atoms with Gasteiger partial charge in [-0.25, -0.2) is 0 Å². The number of nitrogens with zero attached hydrogens (tertiary/aromatic N) is 1. The first-order chi connectivity index (χ1) is 15.1. The number of rotatable bonds is 4. The van der Waals surface area contributed by atoms with Gasteiger partial charge in [0.1, 0.15) is 16.9 Å². The number of likely N-dealkylation sites (N-methyl/N-ethyl adjacent to an activating group) is 1. The number of aromatic hydroxyl groups is 1. The van der Waals surface area contributed by atoms with Crippen LogP contribution in [0.4, 0.5) is 5.69 Å². The molecule has 1 aliphatic heterocycles. The van der Waals surface area contributed by atoms with Gasteiger partial charge in [0.2, 0.25) is 5.91 Å². The molecule has 33 heavy (non-hydrogen) atoms. The van der Waals surface area contributed by atoms with Gasteiger partial charge in [-0.2, -0.15) is 0 Å². The van der Waals surface area contributed by atoms with Gasteiger partial charge in [0.15, 0.2) is 5.78 Å². The fraction of sp³-hybridized carbons (Fsp3) is 0.429. The smallest absolute Gasteiger partial charge is 0.246 e. The van der Waals surface area contributed by atoms with Crippen LogP contribution in [-0.4, -0.2) is 31.0 Å². The summed E-state index contributed by atoms with van der Waals surface area (Å²) in [4.78, 5) is 28.4. The minimum absolute atomic E-state index is 0.202. The Bertz CT molecular complexity index is 1130. The minimum atomic E-state index is -1.39. The van der Waals surface area contributed by atoms with Gasteiger partial charge < -0.3 is 14.7 Å². The van der Waals surface area contributed by atoms with E-state index < -0.39 is 16.2 Å². The number of benzene rings is 2. The Morgan fingerprint density at radius 3 is 1.97 bits per heavy atom. The first kappa shape index (κ1) is 24.6. The summed E-state index contributed by atoms with van der Waals surface area (Å²) in [5.41, 5.74) is 1.45. The van der Waals surface area contributed by atoms with Crippen LogP contribution in [0.3, 0.4) is 0 Å². The number of phenolic OH excluding ortho intramolecular Hbond substituents is 1. The molecule has 5 nitrogen and oxygen atoms in total. The zero-order valence-corrected chi connectivity index (χ0v) is 21.2. The summed E-state index contributed by atoms with van der Waals surface area (Å²) in [6.45, 7) is 17.7. The molecule has 1 aliphatic rings. The predicted molar refractivity (Wildman–Crippen MR) is 133 cm³/mol. The third-order valence-electron chi connectivity index (χ3n) is 6.63. The van der Waals surface area contributed by atoms with Crippen LogP contribution in [0.5, 0.6) is 11.5 Å². The number of ether oxygens (including phenoxy) is 1. The van der Waals surface area contributed by atoms with Crippen molar-refractivity contribution >= 4 is 17.4 Å². The third-order valence-corrected chi connectivity index (χ3v) is 6.63. The highest BCUT2D eigenvalue weighted by atomic mass is 16.5. The lowest BCUT2D eigenvalue weighted by molar-refractivity contribution is -0.123. The lowest BCUT2D eigenvalue weighted by Crippen LogP contribution is -2.43. The second kappa shape index (κ2) is 7.75. The number of amides is 1. The third kappa shape index (κ3) is 3.64. The quantitative estimate of drug-likeness (QED) is 0.635. The van der Waals surface area contributed by atoms with E-state index in [9.17, 15) is 14.7 Å². The number of hydrogen-bond acceptors (Lipinski definition) is 4. The topological polar surface area (TPSA) is 66.8 Å². The van der Waals surface area contributed by atoms with Crippen molar-refractivity contribution in [2.75, 3.05) is 19.1 Å². The van der Waals surface area contributed by atoms with Gasteiger partial charge in [0, 0.05) is 24.3 Å². The highest BCUT2D eigenvalue weighted by Crippen LogP contribution is 2.53. The molecule has 3 rings (SSSR count). The molecule has 0 saturated heterocycles. The summed E-state index contributed by atoms with van der Waals surface area (Å²) in [6, 6.07) is 9.17. The molecule has 0 radical (unpaired) electrons. The number of ketones is 1. The lowest BCUT2D eigenvalue weighted by atomic mass is 9.66. The van der Waals surface area contributed by atoms with E-state index in [4.69, 9.17) is 4.74 Å². The molecule has 0 aliphatic carbocycles. The Morgan fingerprint density at radius 1 is 1.03 bits per heavy atom. The van der Waals surface area contributed by atoms with Crippen LogP contribution in [0.25, 0.3) is 0 Å². The van der Waals surface area contributed by atoms with Crippen molar-refractivity contribution in [2.45, 2.75) is 64.7 Å². The van der Waals surface area contributed by atoms with E-state index in [1.807, 2.05) is 59.7 Å². The second-order valence-electron chi connectivity index (χ2n) is 11.0. The number of Topliss-reactive ketones (excluding diaryl/α,β-unsaturated/α-hetero) is 1. The van der Waals surface area contributed by atoms with Gasteiger partial charge in [-0.05, 0) is 52.6 Å². The Balaban J connectivity index is 2.53. The zero-order chi connectivity index (χ0) is 25.1. The number of fused-ring (bicyclic) bond motifs is 1. The molecule has 0 fully saturated rings. The molecule has 1 amide bonds. The van der Waals surface area contributed by atoms with Gasteiger partial charge >= 0.3 is 0 Å². The van der Waals surface area contributed by atoms with Gasteiger partial charge in [-0.1, -0.05) is 54.2 Å². The van der Waals surface area contributed by atoms with Crippen molar-refractivity contribution in [3.63, 3.8) is 0 Å². The van der Waals surface area contributed by atoms with Crippen molar-refractivity contribution in [1.82, 2.24) is 0 Å². The Morgan fingerprint density at radius 2 is 1.55 bits per heavy atom. The van der Waals surface area contributed by atoms with Crippen LogP contribution in [0.2, 0.25) is 0 Å². The van der Waals surface area contributed by atoms with E-state index in [0.29, 0.717) is 22.6 Å². The Kier molecular flexibility index (Phi) is 5.77. The van der Waals surface area contributed by atoms with Crippen molar-refractivity contribution in [3.8, 4) is 11.5 Å². The van der Waals surface area contributed by atoms with Crippen LogP contribution in [0.1, 0.15) is 70.7 Å². The average Bonchev–Trinajstić information content (AvgIpc) is 2.93. The van der Waals surface area contributed by atoms with Crippen LogP contribution < -0.4 is 9.64 Å². The first-order valence-corrected chi connectivity index (χ1v) is 11.1. The Hall–Kier alpha value is -3.08. The predicted octanol–water partition coefficient (Wildman–Crippen LogP) is 5.40. The van der Waals surface area contributed by atoms with Crippen molar-refractivity contribution in [3.05, 3.63) is 64.7 Å². The van der Waals surface area contributed by atoms with Crippen molar-refractivity contribution < 1.29 is 19.4 Å². The largest absolute Gasteiger partial charge is 0.507 e. The monoisotopic (exact) mass is 449 g/mol. The first-order valence-electron chi connectivity index (χ1n) is 11.1. The molecule has 0 saturated carbocycles. The number of methoxy groups -OCH3 is 1. The van der Waals surface area contributed by atoms with E-state index in [1.165, 1.54) is 6.92 Å². The van der Waals surface area contributed by atoms with E-state index in [2.05, 4.69) is 6.58 Å². The molecule has 0 aromatic heterocycles. The molecule has 2 aromatic rings. The molecule has 5 heteroatoms. The molecule has 1 heterocycles. The van der Waals surface area contributed by atoms with Crippen LogP contribution in [0.15, 0.2) is 42.5 Å². The van der Waals surface area contributed by atoms with Gasteiger partial charge in [-0.15, -0.1) is 0 Å². The van der Waals surface area contributed by atoms with Gasteiger partial charge in [0.25, 0.3) is 0 Å². The molecule has 1 atom stereocenters. The fourth-order valence-corrected chi connectivity index (χ4v) is 4.71. The van der Waals surface area contributed by atoms with E-state index in [1.54, 1.807) is 31.2 Å². The summed E-state index contributed by atoms with van der Waals surface area (Å²) in [5.74, 6) is 0.324. The Labute approximate surface area is 197 Å². The molecule has 0 bridgehead atoms. The number of carbonyl (C=O) groups excluding carboxylic acids is 2. The molecule has 2 aromatic carbocycles. The average molecular weight is 450 g/mol. The molecular weight excluding hydrogens is 414 g/mol. The highest BCUT2D eigenvalue weighted by Gasteiger charge is 2.55. The number of phenols is 1. The maximum atomic E-state index is 14.0. The van der Waals surface area contributed by atoms with E-state index >= 15 is 0 Å². The van der Waals surface area contributed by atoms with Crippen LogP contribution in [0, 0.1) is 0 Å². The second-order valence-corrected chi connectivity index (χ2v) is 11.0. The van der Waals surface area contributed by atoms with Gasteiger partial charge in [-0.3, -0.25) is 9.59 Å². The number of hydrogen-bond donors (Lipinski definition) is 1. The minimum Gasteiger partial charge on any atom is -0.507 e. The van der Waals surface area contributed by atoms with Crippen molar-refractivity contribution in [2.24, 2.45) is 0 Å². The maximum absolute atomic E-state index is 14.0. The summed E-state index contributed by atoms with van der Waals surface area (Å²) >= 11 is 0. The standard InChI is InChI=1S/C28H35NO4/c1-16(17(2)30)28(20-12-11-19(33-10)15-23(20)29(9)25(28)32)18-13-21(26(3,4)5)24(31)22(14-18)27(6,7)8/h11-15,31H,1H2,2-10H3/t28-/m1/s1. The zero-order valence-electron chi connectivity index (χ0n) is 21.2. The van der Waals surface area contributed by atoms with E-state index in [0.717, 1.165) is 11.1 Å². The molecule has 176 valence electrons. The van der Waals surface area contributed by atoms with Gasteiger partial charge in [0.05, 0.1) is 12.8 Å². The molecule has 0 spiro atoms. The summed E-state index contributed by atoms with van der Waals surface area (Å²) < 4.78 is 5.39. The molecule has 0 unspecified atom stereocenters. The maximum Gasteiger partial charge on any atom is 0.246 e. The summed E-state index contributed by atoms with van der Waals surface area (Å²) in [6.07, 6.45) is 0. The highest BCUT2D eigenvalue weighted by molar-refractivity contribution is 6.18. The fourth-order valence-electron chi connectivity index (χ4n) is 4.71. The van der Waals surface area contributed by atoms with Crippen molar-refractivity contribution in [1.29, 1.82) is 0 Å². The van der Waals surface area contributed by atoms with Crippen LogP contribution in [-0.2, 0) is 25.8 Å². The normalized spacial score (nSPS) is 18.3. The molecular formula is C28H35NO4. The summed E-state index contributed by atoms with van der Waals surface area (Å²) in [5, 5.41) is 11.2. The van der Waals surface area contributed by atoms with Crippen LogP contribution >= 0.6 is 0 Å². The lowest BCUT2D eigenvalue weighted by Gasteiger charge is -2.34. The molecule has 1 N–H and O–H groups in total. The number of carbonyl (C=O) groups is 2.